The number of rotatable bonds is 3. The summed E-state index contributed by atoms with van der Waals surface area (Å²) in [6.45, 7) is 14.6. The van der Waals surface area contributed by atoms with E-state index < -0.39 is 89.7 Å². The molecular formula is C28H50O10. The summed E-state index contributed by atoms with van der Waals surface area (Å²) in [5.74, 6) is -4.59. The Bertz CT molecular complexity index is 813. The number of hydrogen-bond acceptors (Lipinski definition) is 10. The lowest BCUT2D eigenvalue weighted by atomic mass is 9.75. The largest absolute Gasteiger partial charge is 0.462 e. The van der Waals surface area contributed by atoms with Gasteiger partial charge in [0, 0.05) is 30.1 Å². The molecule has 2 rings (SSSR count). The molecule has 2 saturated heterocycles. The van der Waals surface area contributed by atoms with E-state index in [9.17, 15) is 35.1 Å². The van der Waals surface area contributed by atoms with Gasteiger partial charge in [0.05, 0.1) is 41.5 Å². The standard InChI is InChI=1S/C28H50O10/c1-10-19-14(3)22(30)15(4)21(29)13(2)11-27(8,34)24(31)16(5)23(17(6)26(33)37-19)38-20-12-28(9,35)25(32)18(7)36-20/h13-20,22-25,30-32,34-35H,10-12H2,1-9H3/t13-,14+,15+,16-,17-,18+,19-,20+,22-,23+,24-,25+,27-,28-/m1/s1. The van der Waals surface area contributed by atoms with E-state index in [1.54, 1.807) is 41.5 Å². The zero-order valence-corrected chi connectivity index (χ0v) is 24.3. The Morgan fingerprint density at radius 3 is 1.95 bits per heavy atom. The van der Waals surface area contributed by atoms with Gasteiger partial charge in [0.25, 0.3) is 0 Å². The average Bonchev–Trinajstić information content (AvgIpc) is 2.84. The van der Waals surface area contributed by atoms with Gasteiger partial charge in [-0.1, -0.05) is 34.6 Å². The molecule has 10 nitrogen and oxygen atoms in total. The van der Waals surface area contributed by atoms with Crippen molar-refractivity contribution in [3.63, 3.8) is 0 Å². The molecule has 2 aliphatic heterocycles. The van der Waals surface area contributed by atoms with Crippen molar-refractivity contribution >= 4 is 11.8 Å². The average molecular weight is 547 g/mol. The molecule has 222 valence electrons. The lowest BCUT2D eigenvalue weighted by Gasteiger charge is -2.45. The summed E-state index contributed by atoms with van der Waals surface area (Å²) >= 11 is 0. The van der Waals surface area contributed by atoms with E-state index in [1.807, 2.05) is 6.92 Å². The molecule has 0 spiro atoms. The predicted octanol–water partition coefficient (Wildman–Crippen LogP) is 1.57. The molecule has 0 aromatic rings. The van der Waals surface area contributed by atoms with Crippen molar-refractivity contribution in [1.29, 1.82) is 0 Å². The number of esters is 1. The van der Waals surface area contributed by atoms with Crippen molar-refractivity contribution in [2.24, 2.45) is 29.6 Å². The third-order valence-electron chi connectivity index (χ3n) is 8.82. The van der Waals surface area contributed by atoms with Crippen LogP contribution >= 0.6 is 0 Å². The fourth-order valence-electron chi connectivity index (χ4n) is 6.11. The van der Waals surface area contributed by atoms with E-state index in [4.69, 9.17) is 14.2 Å². The maximum atomic E-state index is 13.4. The van der Waals surface area contributed by atoms with Gasteiger partial charge in [0.2, 0.25) is 0 Å². The highest BCUT2D eigenvalue weighted by atomic mass is 16.7. The lowest BCUT2D eigenvalue weighted by Crippen LogP contribution is -2.57. The van der Waals surface area contributed by atoms with Gasteiger partial charge in [-0.3, -0.25) is 9.59 Å². The van der Waals surface area contributed by atoms with Gasteiger partial charge in [0.1, 0.15) is 18.0 Å². The quantitative estimate of drug-likeness (QED) is 0.328. The molecule has 0 unspecified atom stereocenters. The molecule has 2 aliphatic rings. The molecule has 38 heavy (non-hydrogen) atoms. The van der Waals surface area contributed by atoms with Gasteiger partial charge < -0.3 is 39.7 Å². The van der Waals surface area contributed by atoms with Crippen LogP contribution in [0.3, 0.4) is 0 Å². The van der Waals surface area contributed by atoms with Gasteiger partial charge in [-0.05, 0) is 40.5 Å². The number of aliphatic hydroxyl groups excluding tert-OH is 3. The van der Waals surface area contributed by atoms with Gasteiger partial charge in [0.15, 0.2) is 6.29 Å². The summed E-state index contributed by atoms with van der Waals surface area (Å²) in [6, 6.07) is 0. The zero-order valence-electron chi connectivity index (χ0n) is 24.3. The van der Waals surface area contributed by atoms with E-state index in [-0.39, 0.29) is 18.6 Å². The minimum atomic E-state index is -1.73. The molecule has 0 amide bonds. The minimum absolute atomic E-state index is 0.0661. The highest BCUT2D eigenvalue weighted by Crippen LogP contribution is 2.37. The van der Waals surface area contributed by atoms with Gasteiger partial charge >= 0.3 is 5.97 Å². The second-order valence-electron chi connectivity index (χ2n) is 12.4. The number of ether oxygens (including phenoxy) is 3. The first-order valence-corrected chi connectivity index (χ1v) is 13.9. The van der Waals surface area contributed by atoms with Crippen LogP contribution in [0.2, 0.25) is 0 Å². The Morgan fingerprint density at radius 2 is 1.42 bits per heavy atom. The van der Waals surface area contributed by atoms with Crippen molar-refractivity contribution in [3.05, 3.63) is 0 Å². The first-order valence-electron chi connectivity index (χ1n) is 13.9. The molecule has 0 radical (unpaired) electrons. The molecule has 0 aromatic heterocycles. The molecule has 0 saturated carbocycles. The minimum Gasteiger partial charge on any atom is -0.462 e. The summed E-state index contributed by atoms with van der Waals surface area (Å²) in [4.78, 5) is 26.5. The Labute approximate surface area is 226 Å². The number of carbonyl (C=O) groups is 2. The van der Waals surface area contributed by atoms with Crippen LogP contribution in [0.1, 0.15) is 81.6 Å². The maximum Gasteiger partial charge on any atom is 0.311 e. The molecule has 2 fully saturated rings. The van der Waals surface area contributed by atoms with E-state index >= 15 is 0 Å². The van der Waals surface area contributed by atoms with Crippen LogP contribution in [0.25, 0.3) is 0 Å². The summed E-state index contributed by atoms with van der Waals surface area (Å²) < 4.78 is 17.8. The monoisotopic (exact) mass is 546 g/mol. The molecule has 0 bridgehead atoms. The van der Waals surface area contributed by atoms with Crippen LogP contribution in [0.15, 0.2) is 0 Å². The summed E-state index contributed by atoms with van der Waals surface area (Å²) in [5.41, 5.74) is -3.24. The summed E-state index contributed by atoms with van der Waals surface area (Å²) in [7, 11) is 0. The molecular weight excluding hydrogens is 496 g/mol. The number of ketones is 1. The molecule has 10 heteroatoms. The van der Waals surface area contributed by atoms with Crippen LogP contribution in [0.4, 0.5) is 0 Å². The maximum absolute atomic E-state index is 13.4. The highest BCUT2D eigenvalue weighted by Gasteiger charge is 2.49. The van der Waals surface area contributed by atoms with E-state index in [0.717, 1.165) is 0 Å². The Balaban J connectivity index is 2.49. The first kappa shape index (κ1) is 33.1. The van der Waals surface area contributed by atoms with Crippen molar-refractivity contribution in [2.45, 2.75) is 136 Å². The molecule has 0 aliphatic carbocycles. The van der Waals surface area contributed by atoms with Crippen LogP contribution in [0, 0.1) is 29.6 Å². The van der Waals surface area contributed by atoms with Crippen molar-refractivity contribution in [1.82, 2.24) is 0 Å². The van der Waals surface area contributed by atoms with Crippen molar-refractivity contribution < 1.29 is 49.3 Å². The summed E-state index contributed by atoms with van der Waals surface area (Å²) in [5, 5.41) is 54.5. The summed E-state index contributed by atoms with van der Waals surface area (Å²) in [6.07, 6.45) is -6.81. The van der Waals surface area contributed by atoms with Crippen LogP contribution in [0.5, 0.6) is 0 Å². The van der Waals surface area contributed by atoms with Crippen molar-refractivity contribution in [2.75, 3.05) is 0 Å². The SMILES string of the molecule is CC[C@H]1OC(=O)[C@H](C)[C@@H](O[C@H]2C[C@@](C)(O)[C@@H](O)[C@H](C)O2)[C@@H](C)[C@@H](O)[C@](C)(O)C[C@@H](C)C(=O)[C@H](C)[C@H](O)[C@H]1C. The number of aliphatic hydroxyl groups is 5. The van der Waals surface area contributed by atoms with Gasteiger partial charge in [-0.2, -0.15) is 0 Å². The smallest absolute Gasteiger partial charge is 0.311 e. The number of carbonyl (C=O) groups excluding carboxylic acids is 2. The van der Waals surface area contributed by atoms with E-state index in [2.05, 4.69) is 0 Å². The topological polar surface area (TPSA) is 163 Å². The van der Waals surface area contributed by atoms with E-state index in [0.29, 0.717) is 6.42 Å². The van der Waals surface area contributed by atoms with Crippen molar-refractivity contribution in [3.8, 4) is 0 Å². The Hall–Kier alpha value is -1.14. The zero-order chi connectivity index (χ0) is 29.3. The molecule has 14 atom stereocenters. The number of Topliss-reactive ketones (excluding diaryl/α,β-unsaturated/α-hetero) is 1. The highest BCUT2D eigenvalue weighted by molar-refractivity contribution is 5.83. The number of hydrogen-bond donors (Lipinski definition) is 5. The fraction of sp³-hybridized carbons (Fsp3) is 0.929. The molecule has 0 aromatic carbocycles. The third kappa shape index (κ3) is 7.13. The molecule has 5 N–H and O–H groups in total. The lowest BCUT2D eigenvalue weighted by molar-refractivity contribution is -0.295. The van der Waals surface area contributed by atoms with Gasteiger partial charge in [-0.15, -0.1) is 0 Å². The number of cyclic esters (lactones) is 1. The second-order valence-corrected chi connectivity index (χ2v) is 12.4. The first-order chi connectivity index (χ1) is 17.3. The third-order valence-corrected chi connectivity index (χ3v) is 8.82. The van der Waals surface area contributed by atoms with E-state index in [1.165, 1.54) is 13.8 Å². The Kier molecular flexibility index (Phi) is 10.9. The van der Waals surface area contributed by atoms with Crippen LogP contribution in [-0.2, 0) is 23.8 Å². The normalized spacial score (nSPS) is 50.3. The fourth-order valence-corrected chi connectivity index (χ4v) is 6.11. The van der Waals surface area contributed by atoms with Crippen LogP contribution in [-0.4, -0.2) is 91.4 Å². The second kappa shape index (κ2) is 12.6. The van der Waals surface area contributed by atoms with Gasteiger partial charge in [-0.25, -0.2) is 0 Å². The predicted molar refractivity (Wildman–Crippen MR) is 139 cm³/mol. The Morgan fingerprint density at radius 1 is 0.868 bits per heavy atom. The molecule has 2 heterocycles. The van der Waals surface area contributed by atoms with Crippen LogP contribution < -0.4 is 0 Å².